The van der Waals surface area contributed by atoms with Gasteiger partial charge in [0.2, 0.25) is 0 Å². The van der Waals surface area contributed by atoms with Crippen LogP contribution in [0.3, 0.4) is 0 Å². The minimum atomic E-state index is -0.919. The molecular weight excluding hydrogens is 268 g/mol. The van der Waals surface area contributed by atoms with Crippen LogP contribution in [0.2, 0.25) is 0 Å². The quantitative estimate of drug-likeness (QED) is 0.836. The molecule has 6 nitrogen and oxygen atoms in total. The molecule has 0 radical (unpaired) electrons. The molecule has 19 heavy (non-hydrogen) atoms. The summed E-state index contributed by atoms with van der Waals surface area (Å²) < 4.78 is 5.11. The van der Waals surface area contributed by atoms with Crippen molar-refractivity contribution >= 4 is 23.8 Å². The summed E-state index contributed by atoms with van der Waals surface area (Å²) in [6.45, 7) is 3.88. The molecule has 0 spiro atoms. The maximum atomic E-state index is 12.5. The zero-order valence-electron chi connectivity index (χ0n) is 11.2. The van der Waals surface area contributed by atoms with E-state index in [1.54, 1.807) is 12.0 Å². The van der Waals surface area contributed by atoms with Crippen LogP contribution < -0.4 is 0 Å². The lowest BCUT2D eigenvalue weighted by Gasteiger charge is -2.30. The van der Waals surface area contributed by atoms with E-state index in [2.05, 4.69) is 0 Å². The van der Waals surface area contributed by atoms with Gasteiger partial charge in [0, 0.05) is 31.9 Å². The van der Waals surface area contributed by atoms with Crippen molar-refractivity contribution in [2.75, 3.05) is 32.6 Å². The van der Waals surface area contributed by atoms with E-state index in [0.29, 0.717) is 31.4 Å². The number of amides is 2. The number of carbonyl (C=O) groups excluding carboxylic acids is 1. The maximum absolute atomic E-state index is 12.5. The lowest BCUT2D eigenvalue weighted by Crippen LogP contribution is -2.50. The molecule has 2 saturated heterocycles. The fourth-order valence-electron chi connectivity index (χ4n) is 2.66. The standard InChI is InChI=1S/C12H20N2O4S/c1-8-14(10(7-19-8)11(15)16)12(17)13-4-3-9(5-13)6-18-2/h8-10H,3-7H2,1-2H3,(H,15,16). The van der Waals surface area contributed by atoms with E-state index in [-0.39, 0.29) is 11.4 Å². The zero-order chi connectivity index (χ0) is 14.0. The van der Waals surface area contributed by atoms with Gasteiger partial charge in [-0.25, -0.2) is 9.59 Å². The van der Waals surface area contributed by atoms with Crippen LogP contribution in [0.25, 0.3) is 0 Å². The van der Waals surface area contributed by atoms with Gasteiger partial charge < -0.3 is 14.7 Å². The van der Waals surface area contributed by atoms with Crippen LogP contribution >= 0.6 is 11.8 Å². The van der Waals surface area contributed by atoms with Gasteiger partial charge in [0.1, 0.15) is 6.04 Å². The molecule has 2 aliphatic rings. The SMILES string of the molecule is COCC1CCN(C(=O)N2C(C)SCC2C(=O)O)C1. The highest BCUT2D eigenvalue weighted by Crippen LogP contribution is 2.31. The van der Waals surface area contributed by atoms with Crippen molar-refractivity contribution in [3.8, 4) is 0 Å². The Hall–Kier alpha value is -0.950. The molecule has 2 heterocycles. The van der Waals surface area contributed by atoms with Crippen molar-refractivity contribution in [3.05, 3.63) is 0 Å². The number of carbonyl (C=O) groups is 2. The lowest BCUT2D eigenvalue weighted by molar-refractivity contribution is -0.141. The van der Waals surface area contributed by atoms with Crippen LogP contribution in [0, 0.1) is 5.92 Å². The summed E-state index contributed by atoms with van der Waals surface area (Å²) in [7, 11) is 1.66. The Balaban J connectivity index is 2.00. The summed E-state index contributed by atoms with van der Waals surface area (Å²) in [4.78, 5) is 26.9. The van der Waals surface area contributed by atoms with Crippen molar-refractivity contribution in [1.82, 2.24) is 9.80 Å². The third kappa shape index (κ3) is 2.97. The van der Waals surface area contributed by atoms with Crippen LogP contribution in [0.1, 0.15) is 13.3 Å². The molecule has 1 N–H and O–H groups in total. The van der Waals surface area contributed by atoms with Gasteiger partial charge in [-0.2, -0.15) is 0 Å². The molecule has 0 aliphatic carbocycles. The Bertz CT molecular complexity index is 366. The summed E-state index contributed by atoms with van der Waals surface area (Å²) in [5.74, 6) is -0.0852. The van der Waals surface area contributed by atoms with E-state index in [1.807, 2.05) is 6.92 Å². The van der Waals surface area contributed by atoms with Crippen molar-refractivity contribution < 1.29 is 19.4 Å². The van der Waals surface area contributed by atoms with Crippen LogP contribution in [-0.2, 0) is 9.53 Å². The first-order valence-corrected chi connectivity index (χ1v) is 7.50. The molecule has 2 rings (SSSR count). The topological polar surface area (TPSA) is 70.1 Å². The lowest BCUT2D eigenvalue weighted by atomic mass is 10.1. The number of thioether (sulfide) groups is 1. The van der Waals surface area contributed by atoms with Gasteiger partial charge in [-0.05, 0) is 13.3 Å². The summed E-state index contributed by atoms with van der Waals surface area (Å²) >= 11 is 1.51. The van der Waals surface area contributed by atoms with Crippen molar-refractivity contribution in [3.63, 3.8) is 0 Å². The molecule has 3 atom stereocenters. The highest BCUT2D eigenvalue weighted by molar-refractivity contribution is 8.00. The van der Waals surface area contributed by atoms with Gasteiger partial charge in [-0.15, -0.1) is 11.8 Å². The van der Waals surface area contributed by atoms with Crippen molar-refractivity contribution in [1.29, 1.82) is 0 Å². The minimum absolute atomic E-state index is 0.0740. The monoisotopic (exact) mass is 288 g/mol. The molecule has 2 fully saturated rings. The second-order valence-corrected chi connectivity index (χ2v) is 6.38. The summed E-state index contributed by atoms with van der Waals surface area (Å²) in [5, 5.41) is 9.11. The van der Waals surface area contributed by atoms with E-state index < -0.39 is 12.0 Å². The summed E-state index contributed by atoms with van der Waals surface area (Å²) in [5.41, 5.74) is 0. The number of urea groups is 1. The van der Waals surface area contributed by atoms with E-state index in [0.717, 1.165) is 6.42 Å². The Kier molecular flexibility index (Phi) is 4.57. The number of carboxylic acid groups (broad SMARTS) is 1. The molecule has 3 unspecified atom stereocenters. The first-order chi connectivity index (χ1) is 9.04. The predicted octanol–water partition coefficient (Wildman–Crippen LogP) is 0.923. The number of carboxylic acids is 1. The number of aliphatic carboxylic acids is 1. The van der Waals surface area contributed by atoms with Gasteiger partial charge in [-0.1, -0.05) is 0 Å². The van der Waals surface area contributed by atoms with E-state index in [9.17, 15) is 14.7 Å². The second kappa shape index (κ2) is 6.00. The van der Waals surface area contributed by atoms with E-state index in [1.165, 1.54) is 16.7 Å². The number of likely N-dealkylation sites (tertiary alicyclic amines) is 1. The third-order valence-corrected chi connectivity index (χ3v) is 4.91. The fourth-order valence-corrected chi connectivity index (χ4v) is 3.83. The van der Waals surface area contributed by atoms with Gasteiger partial charge in [0.05, 0.1) is 12.0 Å². The smallest absolute Gasteiger partial charge is 0.327 e. The first kappa shape index (κ1) is 14.5. The minimum Gasteiger partial charge on any atom is -0.480 e. The van der Waals surface area contributed by atoms with Crippen LogP contribution in [0.15, 0.2) is 0 Å². The average molecular weight is 288 g/mol. The average Bonchev–Trinajstić information content (AvgIpc) is 2.95. The van der Waals surface area contributed by atoms with Gasteiger partial charge in [0.25, 0.3) is 0 Å². The van der Waals surface area contributed by atoms with Crippen LogP contribution in [-0.4, -0.2) is 70.9 Å². The van der Waals surface area contributed by atoms with Crippen molar-refractivity contribution in [2.45, 2.75) is 24.8 Å². The Labute approximate surface area is 117 Å². The summed E-state index contributed by atoms with van der Waals surface area (Å²) in [6.07, 6.45) is 0.923. The van der Waals surface area contributed by atoms with E-state index in [4.69, 9.17) is 4.74 Å². The first-order valence-electron chi connectivity index (χ1n) is 6.45. The number of methoxy groups -OCH3 is 1. The van der Waals surface area contributed by atoms with Crippen molar-refractivity contribution in [2.24, 2.45) is 5.92 Å². The molecule has 0 aromatic carbocycles. The number of hydrogen-bond acceptors (Lipinski definition) is 4. The Morgan fingerprint density at radius 2 is 2.21 bits per heavy atom. The predicted molar refractivity (Wildman–Crippen MR) is 72.1 cm³/mol. The number of rotatable bonds is 3. The molecule has 0 saturated carbocycles. The van der Waals surface area contributed by atoms with Crippen LogP contribution in [0.5, 0.6) is 0 Å². The number of ether oxygens (including phenoxy) is 1. The molecule has 7 heteroatoms. The van der Waals surface area contributed by atoms with Gasteiger partial charge in [0.15, 0.2) is 0 Å². The normalized spacial score (nSPS) is 30.9. The van der Waals surface area contributed by atoms with Crippen LogP contribution in [0.4, 0.5) is 4.79 Å². The third-order valence-electron chi connectivity index (χ3n) is 3.69. The fraction of sp³-hybridized carbons (Fsp3) is 0.833. The summed E-state index contributed by atoms with van der Waals surface area (Å²) in [6, 6.07) is -0.850. The molecule has 108 valence electrons. The Morgan fingerprint density at radius 3 is 2.84 bits per heavy atom. The van der Waals surface area contributed by atoms with Gasteiger partial charge in [-0.3, -0.25) is 4.90 Å². The molecule has 2 aliphatic heterocycles. The molecule has 0 aromatic rings. The van der Waals surface area contributed by atoms with E-state index >= 15 is 0 Å². The highest BCUT2D eigenvalue weighted by Gasteiger charge is 2.42. The molecule has 0 bridgehead atoms. The Morgan fingerprint density at radius 1 is 1.47 bits per heavy atom. The number of hydrogen-bond donors (Lipinski definition) is 1. The maximum Gasteiger partial charge on any atom is 0.327 e. The molecule has 0 aromatic heterocycles. The number of nitrogens with zero attached hydrogens (tertiary/aromatic N) is 2. The second-order valence-electron chi connectivity index (χ2n) is 5.03. The highest BCUT2D eigenvalue weighted by atomic mass is 32.2. The largest absolute Gasteiger partial charge is 0.480 e. The van der Waals surface area contributed by atoms with Gasteiger partial charge >= 0.3 is 12.0 Å². The zero-order valence-corrected chi connectivity index (χ0v) is 12.1. The molecular formula is C12H20N2O4S. The molecule has 2 amide bonds.